The zero-order chi connectivity index (χ0) is 32.9. The molecule has 0 aliphatic carbocycles. The van der Waals surface area contributed by atoms with Gasteiger partial charge in [-0.3, -0.25) is 20.4 Å². The molecule has 234 valence electrons. The molecule has 0 fully saturated rings. The van der Waals surface area contributed by atoms with Crippen LogP contribution in [-0.2, 0) is 14.1 Å². The minimum atomic E-state index is -0.995. The quantitative estimate of drug-likeness (QED) is 0.106. The van der Waals surface area contributed by atoms with E-state index in [9.17, 15) is 18.4 Å². The number of fused-ring (bicyclic) bond motifs is 2. The Morgan fingerprint density at radius 1 is 0.652 bits per heavy atom. The second-order valence-corrected chi connectivity index (χ2v) is 11.9. The van der Waals surface area contributed by atoms with Crippen molar-refractivity contribution in [1.82, 2.24) is 30.0 Å². The second-order valence-electron chi connectivity index (χ2n) is 10.1. The van der Waals surface area contributed by atoms with Crippen molar-refractivity contribution < 1.29 is 27.2 Å². The summed E-state index contributed by atoms with van der Waals surface area (Å²) in [5.74, 6) is -5.34. The van der Waals surface area contributed by atoms with Gasteiger partial charge in [0.15, 0.2) is 11.6 Å². The Morgan fingerprint density at radius 2 is 1.04 bits per heavy atom. The van der Waals surface area contributed by atoms with E-state index in [1.807, 2.05) is 0 Å². The molecule has 0 aliphatic rings. The van der Waals surface area contributed by atoms with Gasteiger partial charge in [-0.05, 0) is 48.5 Å². The van der Waals surface area contributed by atoms with Crippen LogP contribution < -0.4 is 21.5 Å². The van der Waals surface area contributed by atoms with Crippen LogP contribution in [0, 0.1) is 23.3 Å². The summed E-state index contributed by atoms with van der Waals surface area (Å²) in [4.78, 5) is 35.0. The van der Waals surface area contributed by atoms with E-state index in [4.69, 9.17) is 0 Å². The van der Waals surface area contributed by atoms with E-state index in [0.717, 1.165) is 12.1 Å². The topological polar surface area (TPSA) is 118 Å². The van der Waals surface area contributed by atoms with Gasteiger partial charge in [0.25, 0.3) is 11.8 Å². The van der Waals surface area contributed by atoms with Crippen molar-refractivity contribution in [1.29, 1.82) is 0 Å². The lowest BCUT2D eigenvalue weighted by atomic mass is 10.1. The van der Waals surface area contributed by atoms with Gasteiger partial charge in [0.05, 0.1) is 57.6 Å². The Labute approximate surface area is 274 Å². The highest BCUT2D eigenvalue weighted by atomic mass is 79.9. The lowest BCUT2D eigenvalue weighted by molar-refractivity contribution is 0.0847. The maximum Gasteiger partial charge on any atom is 0.271 e. The SMILES string of the molecule is Cn1cnc2c(F)c(Nc3ccc(Br)cc3F)c(C(=O)NNC(=O)c3cc4c(ncn4C)c(F)c3Nc3ccc(Br)cc3F)cc21. The smallest absolute Gasteiger partial charge is 0.271 e. The number of aryl methyl sites for hydroxylation is 2. The molecule has 0 atom stereocenters. The molecule has 4 aromatic carbocycles. The first-order valence-electron chi connectivity index (χ1n) is 13.2. The highest BCUT2D eigenvalue weighted by Crippen LogP contribution is 2.34. The number of halogens is 6. The molecule has 0 spiro atoms. The summed E-state index contributed by atoms with van der Waals surface area (Å²) in [6.45, 7) is 0. The van der Waals surface area contributed by atoms with Gasteiger partial charge in [-0.15, -0.1) is 0 Å². The first kappa shape index (κ1) is 31.0. The molecule has 0 radical (unpaired) electrons. The Bertz CT molecular complexity index is 2060. The van der Waals surface area contributed by atoms with Gasteiger partial charge in [-0.1, -0.05) is 31.9 Å². The molecule has 0 saturated carbocycles. The second kappa shape index (κ2) is 12.1. The molecule has 2 heterocycles. The van der Waals surface area contributed by atoms with E-state index < -0.39 is 46.5 Å². The number of amides is 2. The number of anilines is 4. The molecular weight excluding hydrogens is 740 g/mol. The predicted molar refractivity (Wildman–Crippen MR) is 171 cm³/mol. The summed E-state index contributed by atoms with van der Waals surface area (Å²) < 4.78 is 64.7. The molecule has 4 N–H and O–H groups in total. The van der Waals surface area contributed by atoms with Gasteiger partial charge in [-0.25, -0.2) is 27.5 Å². The molecular formula is C30H20Br2F4N8O2. The number of nitrogens with one attached hydrogen (secondary N) is 4. The number of hydrazine groups is 1. The molecule has 16 heteroatoms. The maximum absolute atomic E-state index is 15.8. The summed E-state index contributed by atoms with van der Waals surface area (Å²) >= 11 is 6.32. The Kier molecular flexibility index (Phi) is 8.16. The van der Waals surface area contributed by atoms with E-state index in [-0.39, 0.29) is 44.6 Å². The van der Waals surface area contributed by atoms with E-state index >= 15 is 8.78 Å². The molecule has 6 aromatic rings. The Morgan fingerprint density at radius 3 is 1.41 bits per heavy atom. The van der Waals surface area contributed by atoms with Crippen molar-refractivity contribution in [2.45, 2.75) is 0 Å². The average molecular weight is 760 g/mol. The summed E-state index contributed by atoms with van der Waals surface area (Å²) in [6, 6.07) is 10.7. The number of carbonyl (C=O) groups is 2. The number of hydrogen-bond acceptors (Lipinski definition) is 6. The Hall–Kier alpha value is -4.96. The lowest BCUT2D eigenvalue weighted by Gasteiger charge is -2.17. The first-order chi connectivity index (χ1) is 21.9. The Balaban J connectivity index is 1.35. The number of rotatable bonds is 6. The number of carbonyl (C=O) groups excluding carboxylic acids is 2. The van der Waals surface area contributed by atoms with Crippen molar-refractivity contribution in [3.05, 3.63) is 105 Å². The number of imidazole rings is 2. The fourth-order valence-corrected chi connectivity index (χ4v) is 5.42. The van der Waals surface area contributed by atoms with Gasteiger partial charge in [0, 0.05) is 23.0 Å². The van der Waals surface area contributed by atoms with Crippen LogP contribution in [0.2, 0.25) is 0 Å². The summed E-state index contributed by atoms with van der Waals surface area (Å²) in [5, 5.41) is 5.23. The monoisotopic (exact) mass is 758 g/mol. The normalized spacial score (nSPS) is 11.2. The lowest BCUT2D eigenvalue weighted by Crippen LogP contribution is -2.42. The first-order valence-corrected chi connectivity index (χ1v) is 14.8. The fourth-order valence-electron chi connectivity index (χ4n) is 4.75. The molecule has 0 bridgehead atoms. The van der Waals surface area contributed by atoms with Gasteiger partial charge < -0.3 is 19.8 Å². The van der Waals surface area contributed by atoms with Crippen LogP contribution in [0.25, 0.3) is 22.1 Å². The largest absolute Gasteiger partial charge is 0.350 e. The van der Waals surface area contributed by atoms with Gasteiger partial charge >= 0.3 is 0 Å². The molecule has 10 nitrogen and oxygen atoms in total. The molecule has 0 aliphatic heterocycles. The van der Waals surface area contributed by atoms with E-state index in [0.29, 0.717) is 8.95 Å². The van der Waals surface area contributed by atoms with Crippen LogP contribution in [0.1, 0.15) is 20.7 Å². The van der Waals surface area contributed by atoms with Crippen LogP contribution in [0.4, 0.5) is 40.3 Å². The molecule has 0 saturated heterocycles. The molecule has 2 amide bonds. The molecule has 0 unspecified atom stereocenters. The minimum absolute atomic E-state index is 0.0843. The van der Waals surface area contributed by atoms with E-state index in [1.54, 1.807) is 14.1 Å². The standard InChI is InChI=1S/C30H20Br2F4N8O2/c1-43-11-37-27-21(43)9-15(25(23(27)35)39-19-5-3-13(31)7-17(19)33)29(45)41-42-30(46)16-10-22-28(38-12-44(22)2)24(36)26(16)40-20-6-4-14(32)8-18(20)34/h3-12,39-40H,1-2H3,(H,41,45)(H,42,46). The number of hydrogen-bond donors (Lipinski definition) is 4. The van der Waals surface area contributed by atoms with Crippen molar-refractivity contribution in [2.24, 2.45) is 14.1 Å². The van der Waals surface area contributed by atoms with Gasteiger partial charge in [-0.2, -0.15) is 0 Å². The molecule has 46 heavy (non-hydrogen) atoms. The average Bonchev–Trinajstić information content (AvgIpc) is 3.58. The number of benzene rings is 4. The van der Waals surface area contributed by atoms with Crippen LogP contribution in [-0.4, -0.2) is 30.9 Å². The van der Waals surface area contributed by atoms with Crippen LogP contribution >= 0.6 is 31.9 Å². The van der Waals surface area contributed by atoms with E-state index in [2.05, 4.69) is 63.3 Å². The fraction of sp³-hybridized carbons (Fsp3) is 0.0667. The van der Waals surface area contributed by atoms with Crippen LogP contribution in [0.15, 0.2) is 70.1 Å². The van der Waals surface area contributed by atoms with Crippen molar-refractivity contribution >= 4 is 88.5 Å². The maximum atomic E-state index is 15.8. The summed E-state index contributed by atoms with van der Waals surface area (Å²) in [6.07, 6.45) is 2.68. The highest BCUT2D eigenvalue weighted by molar-refractivity contribution is 9.10. The molecule has 6 rings (SSSR count). The summed E-state index contributed by atoms with van der Waals surface area (Å²) in [5.41, 5.74) is 3.03. The minimum Gasteiger partial charge on any atom is -0.350 e. The number of nitrogens with zero attached hydrogens (tertiary/aromatic N) is 4. The zero-order valence-electron chi connectivity index (χ0n) is 23.6. The van der Waals surface area contributed by atoms with Gasteiger partial charge in [0.1, 0.15) is 22.7 Å². The highest BCUT2D eigenvalue weighted by Gasteiger charge is 2.25. The van der Waals surface area contributed by atoms with E-state index in [1.165, 1.54) is 58.2 Å². The van der Waals surface area contributed by atoms with Crippen LogP contribution in [0.5, 0.6) is 0 Å². The zero-order valence-corrected chi connectivity index (χ0v) is 26.8. The predicted octanol–water partition coefficient (Wildman–Crippen LogP) is 7.10. The summed E-state index contributed by atoms with van der Waals surface area (Å²) in [7, 11) is 3.18. The van der Waals surface area contributed by atoms with Gasteiger partial charge in [0.2, 0.25) is 0 Å². The molecule has 2 aromatic heterocycles. The van der Waals surface area contributed by atoms with Crippen molar-refractivity contribution in [3.8, 4) is 0 Å². The third kappa shape index (κ3) is 5.64. The number of aromatic nitrogens is 4. The van der Waals surface area contributed by atoms with Crippen molar-refractivity contribution in [3.63, 3.8) is 0 Å². The third-order valence-corrected chi connectivity index (χ3v) is 8.07. The van der Waals surface area contributed by atoms with Crippen LogP contribution in [0.3, 0.4) is 0 Å². The third-order valence-electron chi connectivity index (χ3n) is 7.08. The van der Waals surface area contributed by atoms with Crippen molar-refractivity contribution in [2.75, 3.05) is 10.6 Å².